The lowest BCUT2D eigenvalue weighted by Crippen LogP contribution is -2.39. The monoisotopic (exact) mass is 355 g/mol. The lowest BCUT2D eigenvalue weighted by Gasteiger charge is -2.16. The number of phenolic OH excluding ortho intramolecular Hbond substituents is 1. The Hall–Kier alpha value is -2.69. The number of aryl methyl sites for hydroxylation is 1. The van der Waals surface area contributed by atoms with E-state index in [1.54, 1.807) is 12.1 Å². The van der Waals surface area contributed by atoms with Crippen LogP contribution in [0, 0.1) is 6.92 Å². The summed E-state index contributed by atoms with van der Waals surface area (Å²) in [6.45, 7) is 8.40. The Morgan fingerprint density at radius 2 is 1.88 bits per heavy atom. The van der Waals surface area contributed by atoms with Crippen molar-refractivity contribution in [3.63, 3.8) is 0 Å². The second kappa shape index (κ2) is 9.70. The summed E-state index contributed by atoms with van der Waals surface area (Å²) >= 11 is 0. The molecule has 2 aromatic carbocycles. The van der Waals surface area contributed by atoms with Gasteiger partial charge in [-0.05, 0) is 43.0 Å². The third-order valence-corrected chi connectivity index (χ3v) is 4.23. The van der Waals surface area contributed by atoms with Crippen LogP contribution < -0.4 is 15.4 Å². The molecule has 0 spiro atoms. The van der Waals surface area contributed by atoms with Gasteiger partial charge in [0.2, 0.25) is 0 Å². The minimum absolute atomic E-state index is 0.131. The summed E-state index contributed by atoms with van der Waals surface area (Å²) in [6, 6.07) is 14.0. The van der Waals surface area contributed by atoms with Gasteiger partial charge in [0.15, 0.2) is 17.5 Å². The van der Waals surface area contributed by atoms with Crippen LogP contribution in [0.5, 0.6) is 11.5 Å². The van der Waals surface area contributed by atoms with Crippen molar-refractivity contribution in [2.75, 3.05) is 20.2 Å². The Kier molecular flexibility index (Phi) is 7.33. The molecule has 0 fully saturated rings. The molecule has 2 aromatic rings. The number of aliphatic imine (C=N–C) groups is 1. The number of ether oxygens (including phenoxy) is 1. The summed E-state index contributed by atoms with van der Waals surface area (Å²) in [7, 11) is 1.54. The molecule has 140 valence electrons. The largest absolute Gasteiger partial charge is 0.504 e. The Labute approximate surface area is 156 Å². The second-order valence-electron chi connectivity index (χ2n) is 6.39. The Bertz CT molecular complexity index is 727. The second-order valence-corrected chi connectivity index (χ2v) is 6.39. The van der Waals surface area contributed by atoms with E-state index in [2.05, 4.69) is 53.7 Å². The molecule has 0 bridgehead atoms. The first kappa shape index (κ1) is 19.6. The molecule has 1 unspecified atom stereocenters. The maximum atomic E-state index is 9.88. The average Bonchev–Trinajstić information content (AvgIpc) is 2.64. The highest BCUT2D eigenvalue weighted by molar-refractivity contribution is 5.79. The summed E-state index contributed by atoms with van der Waals surface area (Å²) in [5.74, 6) is 1.74. The number of hydrogen-bond acceptors (Lipinski definition) is 3. The van der Waals surface area contributed by atoms with E-state index >= 15 is 0 Å². The first-order valence-electron chi connectivity index (χ1n) is 8.98. The van der Waals surface area contributed by atoms with E-state index in [4.69, 9.17) is 4.74 Å². The number of nitrogens with one attached hydrogen (secondary N) is 2. The van der Waals surface area contributed by atoms with E-state index in [1.807, 2.05) is 13.0 Å². The molecule has 0 saturated heterocycles. The standard InChI is InChI=1S/C21H29N3O2/c1-5-22-21(23-13-16(3)18-9-6-15(2)7-10-18)24-14-17-8-11-20(26-4)19(25)12-17/h6-12,16,25H,5,13-14H2,1-4H3,(H2,22,23,24). The lowest BCUT2D eigenvalue weighted by atomic mass is 10.0. The highest BCUT2D eigenvalue weighted by Crippen LogP contribution is 2.26. The molecule has 2 rings (SSSR count). The van der Waals surface area contributed by atoms with Crippen molar-refractivity contribution in [1.82, 2.24) is 10.6 Å². The molecular formula is C21H29N3O2. The summed E-state index contributed by atoms with van der Waals surface area (Å²) in [5.41, 5.74) is 3.50. The average molecular weight is 355 g/mol. The van der Waals surface area contributed by atoms with Crippen molar-refractivity contribution < 1.29 is 9.84 Å². The molecule has 0 heterocycles. The van der Waals surface area contributed by atoms with Gasteiger partial charge in [-0.2, -0.15) is 0 Å². The van der Waals surface area contributed by atoms with Crippen LogP contribution in [0.3, 0.4) is 0 Å². The fourth-order valence-electron chi connectivity index (χ4n) is 2.61. The number of phenols is 1. The van der Waals surface area contributed by atoms with Crippen LogP contribution in [0.4, 0.5) is 0 Å². The van der Waals surface area contributed by atoms with Crippen LogP contribution in [-0.2, 0) is 6.54 Å². The van der Waals surface area contributed by atoms with Crippen LogP contribution in [0.2, 0.25) is 0 Å². The van der Waals surface area contributed by atoms with E-state index in [0.29, 0.717) is 18.2 Å². The van der Waals surface area contributed by atoms with E-state index in [9.17, 15) is 5.11 Å². The van der Waals surface area contributed by atoms with Gasteiger partial charge in [-0.25, -0.2) is 4.99 Å². The predicted molar refractivity (Wildman–Crippen MR) is 107 cm³/mol. The highest BCUT2D eigenvalue weighted by Gasteiger charge is 2.07. The zero-order valence-corrected chi connectivity index (χ0v) is 16.0. The molecule has 1 atom stereocenters. The Morgan fingerprint density at radius 3 is 2.50 bits per heavy atom. The lowest BCUT2D eigenvalue weighted by molar-refractivity contribution is 0.373. The summed E-state index contributed by atoms with van der Waals surface area (Å²) < 4.78 is 5.07. The molecule has 0 saturated carbocycles. The molecule has 0 aromatic heterocycles. The topological polar surface area (TPSA) is 65.9 Å². The number of nitrogens with zero attached hydrogens (tertiary/aromatic N) is 1. The van der Waals surface area contributed by atoms with Crippen molar-refractivity contribution in [3.8, 4) is 11.5 Å². The van der Waals surface area contributed by atoms with Gasteiger partial charge in [-0.3, -0.25) is 0 Å². The highest BCUT2D eigenvalue weighted by atomic mass is 16.5. The molecule has 0 aliphatic heterocycles. The summed E-state index contributed by atoms with van der Waals surface area (Å²) in [6.07, 6.45) is 0. The number of benzene rings is 2. The zero-order valence-electron chi connectivity index (χ0n) is 16.0. The summed E-state index contributed by atoms with van der Waals surface area (Å²) in [4.78, 5) is 4.60. The first-order valence-corrected chi connectivity index (χ1v) is 8.98. The number of methoxy groups -OCH3 is 1. The summed E-state index contributed by atoms with van der Waals surface area (Å²) in [5, 5.41) is 16.5. The maximum absolute atomic E-state index is 9.88. The maximum Gasteiger partial charge on any atom is 0.191 e. The third-order valence-electron chi connectivity index (χ3n) is 4.23. The molecular weight excluding hydrogens is 326 g/mol. The molecule has 0 aliphatic carbocycles. The predicted octanol–water partition coefficient (Wildman–Crippen LogP) is 3.57. The molecule has 5 heteroatoms. The van der Waals surface area contributed by atoms with Gasteiger partial charge >= 0.3 is 0 Å². The normalized spacial score (nSPS) is 12.5. The Morgan fingerprint density at radius 1 is 1.15 bits per heavy atom. The van der Waals surface area contributed by atoms with E-state index in [-0.39, 0.29) is 5.75 Å². The van der Waals surface area contributed by atoms with Crippen molar-refractivity contribution in [2.24, 2.45) is 4.99 Å². The number of guanidine groups is 1. The van der Waals surface area contributed by atoms with Gasteiger partial charge < -0.3 is 20.5 Å². The van der Waals surface area contributed by atoms with Crippen molar-refractivity contribution in [2.45, 2.75) is 33.2 Å². The van der Waals surface area contributed by atoms with E-state index in [0.717, 1.165) is 24.6 Å². The number of rotatable bonds is 7. The van der Waals surface area contributed by atoms with Crippen LogP contribution in [0.15, 0.2) is 47.5 Å². The van der Waals surface area contributed by atoms with E-state index in [1.165, 1.54) is 18.2 Å². The molecule has 5 nitrogen and oxygen atoms in total. The van der Waals surface area contributed by atoms with Gasteiger partial charge in [0.25, 0.3) is 0 Å². The first-order chi connectivity index (χ1) is 12.5. The van der Waals surface area contributed by atoms with Gasteiger partial charge in [-0.15, -0.1) is 0 Å². The van der Waals surface area contributed by atoms with Crippen LogP contribution >= 0.6 is 0 Å². The Balaban J connectivity index is 1.97. The minimum atomic E-state index is 0.131. The third kappa shape index (κ3) is 5.69. The molecule has 26 heavy (non-hydrogen) atoms. The van der Waals surface area contributed by atoms with Gasteiger partial charge in [-0.1, -0.05) is 42.8 Å². The van der Waals surface area contributed by atoms with Gasteiger partial charge in [0.1, 0.15) is 0 Å². The van der Waals surface area contributed by atoms with Crippen LogP contribution in [0.1, 0.15) is 36.5 Å². The van der Waals surface area contributed by atoms with Crippen molar-refractivity contribution >= 4 is 5.96 Å². The molecule has 0 radical (unpaired) electrons. The fraction of sp³-hybridized carbons (Fsp3) is 0.381. The van der Waals surface area contributed by atoms with Gasteiger partial charge in [0.05, 0.1) is 13.7 Å². The van der Waals surface area contributed by atoms with Crippen LogP contribution in [-0.4, -0.2) is 31.3 Å². The minimum Gasteiger partial charge on any atom is -0.504 e. The smallest absolute Gasteiger partial charge is 0.191 e. The molecule has 3 N–H and O–H groups in total. The SMILES string of the molecule is CCNC(=NCc1ccc(OC)c(O)c1)NCC(C)c1ccc(C)cc1. The van der Waals surface area contributed by atoms with Crippen molar-refractivity contribution in [1.29, 1.82) is 0 Å². The van der Waals surface area contributed by atoms with Gasteiger partial charge in [0, 0.05) is 13.1 Å². The number of aromatic hydroxyl groups is 1. The van der Waals surface area contributed by atoms with Crippen molar-refractivity contribution in [3.05, 3.63) is 59.2 Å². The van der Waals surface area contributed by atoms with Crippen LogP contribution in [0.25, 0.3) is 0 Å². The fourth-order valence-corrected chi connectivity index (χ4v) is 2.61. The molecule has 0 amide bonds. The van der Waals surface area contributed by atoms with E-state index < -0.39 is 0 Å². The zero-order chi connectivity index (χ0) is 18.9. The molecule has 0 aliphatic rings. The quantitative estimate of drug-likeness (QED) is 0.525. The number of hydrogen-bond donors (Lipinski definition) is 3.